The third-order valence-electron chi connectivity index (χ3n) is 2.54. The Morgan fingerprint density at radius 3 is 2.44 bits per heavy atom. The SMILES string of the molecule is Cc1cc(Oc2ccc(C#N)c(Cl)c2)ccc1N. The number of anilines is 1. The number of hydrogen-bond acceptors (Lipinski definition) is 3. The van der Waals surface area contributed by atoms with Crippen LogP contribution in [0.4, 0.5) is 5.69 Å². The van der Waals surface area contributed by atoms with Gasteiger partial charge in [0, 0.05) is 11.8 Å². The van der Waals surface area contributed by atoms with E-state index < -0.39 is 0 Å². The second kappa shape index (κ2) is 4.99. The third kappa shape index (κ3) is 2.55. The number of nitrogens with zero attached hydrogens (tertiary/aromatic N) is 1. The number of nitrogens with two attached hydrogens (primary N) is 1. The Kier molecular flexibility index (Phi) is 3.40. The lowest BCUT2D eigenvalue weighted by atomic mass is 10.2. The molecule has 0 fully saturated rings. The quantitative estimate of drug-likeness (QED) is 0.831. The van der Waals surface area contributed by atoms with E-state index in [2.05, 4.69) is 0 Å². The van der Waals surface area contributed by atoms with Crippen LogP contribution >= 0.6 is 11.6 Å². The minimum absolute atomic E-state index is 0.377. The van der Waals surface area contributed by atoms with E-state index in [4.69, 9.17) is 27.3 Å². The van der Waals surface area contributed by atoms with E-state index in [0.717, 1.165) is 11.3 Å². The lowest BCUT2D eigenvalue weighted by molar-refractivity contribution is 0.482. The van der Waals surface area contributed by atoms with Crippen molar-refractivity contribution in [2.24, 2.45) is 0 Å². The average molecular weight is 259 g/mol. The standard InChI is InChI=1S/C14H11ClN2O/c1-9-6-11(4-5-14(9)17)18-12-3-2-10(8-16)13(15)7-12/h2-7H,17H2,1H3. The highest BCUT2D eigenvalue weighted by atomic mass is 35.5. The van der Waals surface area contributed by atoms with E-state index in [-0.39, 0.29) is 0 Å². The van der Waals surface area contributed by atoms with Gasteiger partial charge in [0.2, 0.25) is 0 Å². The van der Waals surface area contributed by atoms with Gasteiger partial charge in [0.05, 0.1) is 10.6 Å². The molecule has 0 heterocycles. The van der Waals surface area contributed by atoms with Gasteiger partial charge in [0.1, 0.15) is 17.6 Å². The molecule has 90 valence electrons. The van der Waals surface area contributed by atoms with Gasteiger partial charge < -0.3 is 10.5 Å². The fourth-order valence-corrected chi connectivity index (χ4v) is 1.71. The van der Waals surface area contributed by atoms with Crippen molar-refractivity contribution in [3.05, 3.63) is 52.5 Å². The summed E-state index contributed by atoms with van der Waals surface area (Å²) in [5, 5.41) is 9.15. The van der Waals surface area contributed by atoms with Crippen LogP contribution in [-0.4, -0.2) is 0 Å². The minimum atomic E-state index is 0.377. The molecule has 0 bridgehead atoms. The lowest BCUT2D eigenvalue weighted by Crippen LogP contribution is -1.91. The minimum Gasteiger partial charge on any atom is -0.457 e. The van der Waals surface area contributed by atoms with Gasteiger partial charge in [-0.25, -0.2) is 0 Å². The van der Waals surface area contributed by atoms with Crippen LogP contribution < -0.4 is 10.5 Å². The summed E-state index contributed by atoms with van der Waals surface area (Å²) < 4.78 is 5.65. The molecule has 0 spiro atoms. The molecule has 0 aromatic heterocycles. The first-order chi connectivity index (χ1) is 8.60. The first-order valence-corrected chi connectivity index (χ1v) is 5.71. The van der Waals surface area contributed by atoms with Gasteiger partial charge >= 0.3 is 0 Å². The summed E-state index contributed by atoms with van der Waals surface area (Å²) in [6.07, 6.45) is 0. The van der Waals surface area contributed by atoms with Crippen LogP contribution in [0.15, 0.2) is 36.4 Å². The maximum absolute atomic E-state index is 8.78. The van der Waals surface area contributed by atoms with Gasteiger partial charge in [-0.2, -0.15) is 5.26 Å². The Morgan fingerprint density at radius 2 is 1.83 bits per heavy atom. The van der Waals surface area contributed by atoms with E-state index in [1.54, 1.807) is 30.3 Å². The Balaban J connectivity index is 2.26. The van der Waals surface area contributed by atoms with Crippen LogP contribution in [0.25, 0.3) is 0 Å². The maximum atomic E-state index is 8.78. The molecule has 3 nitrogen and oxygen atoms in total. The Morgan fingerprint density at radius 1 is 1.17 bits per heavy atom. The number of rotatable bonds is 2. The topological polar surface area (TPSA) is 59.0 Å². The normalized spacial score (nSPS) is 9.83. The lowest BCUT2D eigenvalue weighted by Gasteiger charge is -2.08. The van der Waals surface area contributed by atoms with Gasteiger partial charge in [-0.05, 0) is 42.8 Å². The van der Waals surface area contributed by atoms with E-state index in [1.165, 1.54) is 0 Å². The number of hydrogen-bond donors (Lipinski definition) is 1. The van der Waals surface area contributed by atoms with Gasteiger partial charge in [0.15, 0.2) is 0 Å². The van der Waals surface area contributed by atoms with Crippen molar-refractivity contribution in [2.75, 3.05) is 5.73 Å². The van der Waals surface area contributed by atoms with Crippen molar-refractivity contribution in [2.45, 2.75) is 6.92 Å². The Hall–Kier alpha value is -2.18. The van der Waals surface area contributed by atoms with Crippen molar-refractivity contribution in [1.82, 2.24) is 0 Å². The van der Waals surface area contributed by atoms with Crippen LogP contribution in [0, 0.1) is 18.3 Å². The van der Waals surface area contributed by atoms with Crippen LogP contribution in [0.5, 0.6) is 11.5 Å². The molecular formula is C14H11ClN2O. The number of benzene rings is 2. The smallest absolute Gasteiger partial charge is 0.129 e. The molecule has 0 radical (unpaired) electrons. The summed E-state index contributed by atoms with van der Waals surface area (Å²) in [5.41, 5.74) is 7.83. The molecule has 2 N–H and O–H groups in total. The highest BCUT2D eigenvalue weighted by molar-refractivity contribution is 6.31. The highest BCUT2D eigenvalue weighted by Gasteiger charge is 2.04. The molecule has 0 aliphatic rings. The van der Waals surface area contributed by atoms with E-state index in [9.17, 15) is 0 Å². The molecule has 0 aliphatic carbocycles. The predicted octanol–water partition coefficient (Wildman–Crippen LogP) is 3.89. The van der Waals surface area contributed by atoms with Crippen LogP contribution in [-0.2, 0) is 0 Å². The fourth-order valence-electron chi connectivity index (χ4n) is 1.50. The van der Waals surface area contributed by atoms with Crippen molar-refractivity contribution in [3.8, 4) is 17.6 Å². The maximum Gasteiger partial charge on any atom is 0.129 e. The fraction of sp³-hybridized carbons (Fsp3) is 0.0714. The molecule has 0 amide bonds. The number of nitrogen functional groups attached to an aromatic ring is 1. The molecule has 0 saturated carbocycles. The Bertz CT molecular complexity index is 632. The molecule has 0 saturated heterocycles. The largest absolute Gasteiger partial charge is 0.457 e. The van der Waals surface area contributed by atoms with Crippen molar-refractivity contribution in [1.29, 1.82) is 5.26 Å². The molecule has 0 aliphatic heterocycles. The monoisotopic (exact) mass is 258 g/mol. The van der Waals surface area contributed by atoms with Crippen molar-refractivity contribution in [3.63, 3.8) is 0 Å². The molecule has 0 unspecified atom stereocenters. The van der Waals surface area contributed by atoms with Crippen LogP contribution in [0.2, 0.25) is 5.02 Å². The number of nitriles is 1. The zero-order valence-corrected chi connectivity index (χ0v) is 10.5. The van der Waals surface area contributed by atoms with Crippen molar-refractivity contribution < 1.29 is 4.74 Å². The Labute approximate surface area is 110 Å². The first kappa shape index (κ1) is 12.3. The first-order valence-electron chi connectivity index (χ1n) is 5.34. The number of aryl methyl sites for hydroxylation is 1. The molecule has 18 heavy (non-hydrogen) atoms. The van der Waals surface area contributed by atoms with E-state index in [0.29, 0.717) is 22.1 Å². The second-order valence-corrected chi connectivity index (χ2v) is 4.28. The molecule has 2 aromatic rings. The van der Waals surface area contributed by atoms with Gasteiger partial charge in [0.25, 0.3) is 0 Å². The summed E-state index contributed by atoms with van der Waals surface area (Å²) in [6, 6.07) is 12.4. The zero-order valence-electron chi connectivity index (χ0n) is 9.77. The second-order valence-electron chi connectivity index (χ2n) is 3.87. The summed E-state index contributed by atoms with van der Waals surface area (Å²) in [4.78, 5) is 0. The van der Waals surface area contributed by atoms with E-state index in [1.807, 2.05) is 19.1 Å². The summed E-state index contributed by atoms with van der Waals surface area (Å²) >= 11 is 5.93. The molecule has 2 aromatic carbocycles. The predicted molar refractivity (Wildman–Crippen MR) is 71.8 cm³/mol. The van der Waals surface area contributed by atoms with Gasteiger partial charge in [-0.1, -0.05) is 11.6 Å². The summed E-state index contributed by atoms with van der Waals surface area (Å²) in [6.45, 7) is 1.91. The average Bonchev–Trinajstić information content (AvgIpc) is 2.34. The third-order valence-corrected chi connectivity index (χ3v) is 2.85. The number of ether oxygens (including phenoxy) is 1. The number of halogens is 1. The summed E-state index contributed by atoms with van der Waals surface area (Å²) in [7, 11) is 0. The zero-order chi connectivity index (χ0) is 13.1. The molecule has 2 rings (SSSR count). The molecule has 4 heteroatoms. The summed E-state index contributed by atoms with van der Waals surface area (Å²) in [5.74, 6) is 1.27. The molecular weight excluding hydrogens is 248 g/mol. The molecule has 0 atom stereocenters. The highest BCUT2D eigenvalue weighted by Crippen LogP contribution is 2.28. The van der Waals surface area contributed by atoms with Gasteiger partial charge in [-0.3, -0.25) is 0 Å². The van der Waals surface area contributed by atoms with Crippen LogP contribution in [0.1, 0.15) is 11.1 Å². The van der Waals surface area contributed by atoms with Crippen LogP contribution in [0.3, 0.4) is 0 Å². The van der Waals surface area contributed by atoms with E-state index >= 15 is 0 Å². The van der Waals surface area contributed by atoms with Crippen molar-refractivity contribution >= 4 is 17.3 Å². The van der Waals surface area contributed by atoms with Gasteiger partial charge in [-0.15, -0.1) is 0 Å².